The van der Waals surface area contributed by atoms with E-state index in [1.807, 2.05) is 19.9 Å². The van der Waals surface area contributed by atoms with Crippen LogP contribution in [0.1, 0.15) is 65.7 Å². The first-order valence-electron chi connectivity index (χ1n) is 14.3. The third-order valence-corrected chi connectivity index (χ3v) is 10.1. The highest BCUT2D eigenvalue weighted by Crippen LogP contribution is 2.68. The van der Waals surface area contributed by atoms with E-state index in [9.17, 15) is 24.3 Å². The first-order chi connectivity index (χ1) is 19.0. The van der Waals surface area contributed by atoms with Crippen molar-refractivity contribution in [3.63, 3.8) is 0 Å². The summed E-state index contributed by atoms with van der Waals surface area (Å²) in [6, 6.07) is 8.40. The maximum absolute atomic E-state index is 14.0. The topological polar surface area (TPSA) is 116 Å². The zero-order valence-electron chi connectivity index (χ0n) is 23.4. The van der Waals surface area contributed by atoms with Gasteiger partial charge < -0.3 is 19.3 Å². The number of para-hydroxylation sites is 1. The number of aliphatic hydroxyl groups excluding tert-OH is 1. The number of hydrogen-bond acceptors (Lipinski definition) is 8. The molecule has 1 unspecified atom stereocenters. The molecule has 0 amide bonds. The van der Waals surface area contributed by atoms with Gasteiger partial charge in [-0.3, -0.25) is 14.4 Å². The van der Waals surface area contributed by atoms with E-state index in [1.165, 1.54) is 0 Å². The molecule has 0 spiro atoms. The monoisotopic (exact) mass is 550 g/mol. The van der Waals surface area contributed by atoms with Gasteiger partial charge in [-0.2, -0.15) is 0 Å². The Balaban J connectivity index is 1.42. The molecule has 0 bridgehead atoms. The van der Waals surface area contributed by atoms with Gasteiger partial charge in [0.2, 0.25) is 5.78 Å². The average Bonchev–Trinajstić information content (AvgIpc) is 3.20. The summed E-state index contributed by atoms with van der Waals surface area (Å²) in [4.78, 5) is 51.4. The Bertz CT molecular complexity index is 1250. The summed E-state index contributed by atoms with van der Waals surface area (Å²) in [6.07, 6.45) is 6.86. The maximum atomic E-state index is 14.0. The molecule has 3 saturated carbocycles. The molecule has 1 N–H and O–H groups in total. The summed E-state index contributed by atoms with van der Waals surface area (Å²) in [5, 5.41) is 11.7. The highest BCUT2D eigenvalue weighted by atomic mass is 16.7. The molecule has 1 aromatic rings. The molecule has 0 saturated heterocycles. The van der Waals surface area contributed by atoms with E-state index in [0.717, 1.165) is 18.4 Å². The number of esters is 1. The predicted molar refractivity (Wildman–Crippen MR) is 145 cm³/mol. The van der Waals surface area contributed by atoms with Gasteiger partial charge in [0.1, 0.15) is 5.75 Å². The summed E-state index contributed by atoms with van der Waals surface area (Å²) < 4.78 is 16.5. The van der Waals surface area contributed by atoms with Crippen molar-refractivity contribution in [2.45, 2.75) is 77.4 Å². The predicted octanol–water partition coefficient (Wildman–Crippen LogP) is 5.13. The van der Waals surface area contributed by atoms with Gasteiger partial charge in [0.25, 0.3) is 0 Å². The lowest BCUT2D eigenvalue weighted by atomic mass is 9.46. The molecule has 8 heteroatoms. The van der Waals surface area contributed by atoms with Crippen molar-refractivity contribution in [2.24, 2.45) is 28.6 Å². The van der Waals surface area contributed by atoms with Gasteiger partial charge in [-0.15, -0.1) is 0 Å². The van der Waals surface area contributed by atoms with Crippen molar-refractivity contribution in [1.29, 1.82) is 0 Å². The quantitative estimate of drug-likeness (QED) is 0.367. The third kappa shape index (κ3) is 4.60. The lowest BCUT2D eigenvalue weighted by molar-refractivity contribution is -0.200. The minimum absolute atomic E-state index is 0.0000464. The highest BCUT2D eigenvalue weighted by Gasteiger charge is 2.70. The Labute approximate surface area is 234 Å². The van der Waals surface area contributed by atoms with Gasteiger partial charge in [0.05, 0.1) is 6.10 Å². The molecule has 4 aliphatic rings. The number of benzene rings is 1. The van der Waals surface area contributed by atoms with Crippen molar-refractivity contribution in [2.75, 3.05) is 6.61 Å². The number of rotatable bonds is 7. The van der Waals surface area contributed by atoms with Gasteiger partial charge in [-0.05, 0) is 74.6 Å². The fourth-order valence-corrected chi connectivity index (χ4v) is 8.30. The Morgan fingerprint density at radius 3 is 2.58 bits per heavy atom. The molecule has 8 nitrogen and oxygen atoms in total. The van der Waals surface area contributed by atoms with Crippen LogP contribution in [0.3, 0.4) is 0 Å². The van der Waals surface area contributed by atoms with E-state index >= 15 is 0 Å². The van der Waals surface area contributed by atoms with E-state index in [1.54, 1.807) is 42.5 Å². The number of ether oxygens (including phenoxy) is 3. The largest absolute Gasteiger partial charge is 0.514 e. The summed E-state index contributed by atoms with van der Waals surface area (Å²) in [5.74, 6) is -0.767. The Morgan fingerprint density at radius 2 is 1.85 bits per heavy atom. The molecule has 0 heterocycles. The summed E-state index contributed by atoms with van der Waals surface area (Å²) in [6.45, 7) is 5.29. The SMILES string of the molecule is CCCC(=O)O[C@]1(C(=O)COC(=O)Oc2ccccc2)CC[C@H]2[C@@H]3CCC4=CC(=O)C=C[C@]4(C)[C@H]3C(O)C[C@@]21C. The molecule has 5 rings (SSSR count). The van der Waals surface area contributed by atoms with Crippen LogP contribution in [0.5, 0.6) is 5.75 Å². The van der Waals surface area contributed by atoms with Crippen molar-refractivity contribution >= 4 is 23.7 Å². The summed E-state index contributed by atoms with van der Waals surface area (Å²) >= 11 is 0. The first-order valence-corrected chi connectivity index (χ1v) is 14.3. The fourth-order valence-electron chi connectivity index (χ4n) is 8.30. The van der Waals surface area contributed by atoms with E-state index in [4.69, 9.17) is 14.2 Å². The molecule has 0 aromatic heterocycles. The van der Waals surface area contributed by atoms with Crippen LogP contribution in [0.25, 0.3) is 0 Å². The smallest absolute Gasteiger partial charge is 0.450 e. The number of fused-ring (bicyclic) bond motifs is 5. The molecule has 214 valence electrons. The second-order valence-corrected chi connectivity index (χ2v) is 12.2. The molecule has 4 aliphatic carbocycles. The second-order valence-electron chi connectivity index (χ2n) is 12.2. The van der Waals surface area contributed by atoms with Crippen LogP contribution in [0, 0.1) is 28.6 Å². The van der Waals surface area contributed by atoms with Crippen LogP contribution >= 0.6 is 0 Å². The lowest BCUT2D eigenvalue weighted by Gasteiger charge is -2.59. The molecular formula is C32H38O8. The van der Waals surface area contributed by atoms with Crippen molar-refractivity contribution < 1.29 is 38.5 Å². The summed E-state index contributed by atoms with van der Waals surface area (Å²) in [5.41, 5.74) is -1.79. The van der Waals surface area contributed by atoms with Crippen LogP contribution in [-0.4, -0.2) is 47.1 Å². The average molecular weight is 551 g/mol. The van der Waals surface area contributed by atoms with E-state index < -0.39 is 47.0 Å². The normalized spacial score (nSPS) is 36.0. The number of ketones is 2. The number of carbonyl (C=O) groups is 4. The van der Waals surface area contributed by atoms with Crippen LogP contribution in [-0.2, 0) is 23.9 Å². The minimum atomic E-state index is -1.53. The molecule has 0 aliphatic heterocycles. The zero-order valence-corrected chi connectivity index (χ0v) is 23.4. The molecule has 3 fully saturated rings. The number of allylic oxidation sites excluding steroid dienone is 4. The van der Waals surface area contributed by atoms with Gasteiger partial charge >= 0.3 is 12.1 Å². The minimum Gasteiger partial charge on any atom is -0.450 e. The van der Waals surface area contributed by atoms with E-state index in [2.05, 4.69) is 6.92 Å². The van der Waals surface area contributed by atoms with Gasteiger partial charge in [0, 0.05) is 23.2 Å². The summed E-state index contributed by atoms with van der Waals surface area (Å²) in [7, 11) is 0. The van der Waals surface area contributed by atoms with Crippen LogP contribution in [0.2, 0.25) is 0 Å². The van der Waals surface area contributed by atoms with Crippen molar-refractivity contribution in [3.8, 4) is 5.75 Å². The number of aliphatic hydroxyl groups is 1. The number of hydrogen-bond donors (Lipinski definition) is 1. The molecule has 0 radical (unpaired) electrons. The van der Waals surface area contributed by atoms with Gasteiger partial charge in [-0.1, -0.05) is 50.6 Å². The van der Waals surface area contributed by atoms with Crippen LogP contribution in [0.4, 0.5) is 4.79 Å². The third-order valence-electron chi connectivity index (χ3n) is 10.1. The van der Waals surface area contributed by atoms with E-state index in [-0.39, 0.29) is 42.1 Å². The second kappa shape index (κ2) is 10.6. The van der Waals surface area contributed by atoms with Gasteiger partial charge in [-0.25, -0.2) is 4.79 Å². The Kier molecular flexibility index (Phi) is 7.50. The van der Waals surface area contributed by atoms with Gasteiger partial charge in [0.15, 0.2) is 18.0 Å². The number of carbonyl (C=O) groups excluding carboxylic acids is 4. The molecule has 1 aromatic carbocycles. The highest BCUT2D eigenvalue weighted by molar-refractivity contribution is 6.01. The molecular weight excluding hydrogens is 512 g/mol. The molecule has 40 heavy (non-hydrogen) atoms. The van der Waals surface area contributed by atoms with Crippen LogP contribution in [0.15, 0.2) is 54.1 Å². The fraction of sp³-hybridized carbons (Fsp3) is 0.562. The standard InChI is InChI=1S/C32H38O8/c1-4-8-27(36)40-32(26(35)19-38-29(37)39-22-9-6-5-7-10-22)16-14-24-23-12-11-20-17-21(33)13-15-30(20,2)28(23)25(34)18-31(24,32)3/h5-7,9-10,13,15,17,23-25,28,34H,4,8,11-12,14,16,18-19H2,1-3H3/t23-,24-,25?,28+,30-,31-,32-/m0/s1. The zero-order chi connectivity index (χ0) is 28.7. The van der Waals surface area contributed by atoms with Crippen molar-refractivity contribution in [1.82, 2.24) is 0 Å². The molecule has 7 atom stereocenters. The lowest BCUT2D eigenvalue weighted by Crippen LogP contribution is -2.63. The number of Topliss-reactive ketones (excluding diaryl/α,β-unsaturated/α-hetero) is 1. The van der Waals surface area contributed by atoms with Crippen molar-refractivity contribution in [3.05, 3.63) is 54.1 Å². The maximum Gasteiger partial charge on any atom is 0.514 e. The van der Waals surface area contributed by atoms with Crippen LogP contribution < -0.4 is 4.74 Å². The van der Waals surface area contributed by atoms with E-state index in [0.29, 0.717) is 19.3 Å². The Morgan fingerprint density at radius 1 is 1.10 bits per heavy atom. The Hall–Kier alpha value is -3.26. The first kappa shape index (κ1) is 28.3.